The van der Waals surface area contributed by atoms with Crippen molar-refractivity contribution >= 4 is 28.5 Å². The Morgan fingerprint density at radius 3 is 2.54 bits per heavy atom. The molecule has 8 heteroatoms. The molecule has 8 nitrogen and oxygen atoms in total. The van der Waals surface area contributed by atoms with Crippen molar-refractivity contribution in [2.45, 2.75) is 58.0 Å². The smallest absolute Gasteiger partial charge is 0.307 e. The minimum atomic E-state index is -0.768. The van der Waals surface area contributed by atoms with Crippen LogP contribution in [0.1, 0.15) is 63.6 Å². The summed E-state index contributed by atoms with van der Waals surface area (Å²) in [6.07, 6.45) is 5.42. The van der Waals surface area contributed by atoms with Crippen LogP contribution in [0, 0.1) is 5.92 Å². The molecule has 0 unspecified atom stereocenters. The van der Waals surface area contributed by atoms with Crippen molar-refractivity contribution in [1.29, 1.82) is 0 Å². The molecule has 1 aromatic heterocycles. The zero-order valence-electron chi connectivity index (χ0n) is 21.9. The zero-order valence-corrected chi connectivity index (χ0v) is 21.9. The molecule has 2 atom stereocenters. The van der Waals surface area contributed by atoms with Crippen molar-refractivity contribution < 1.29 is 14.3 Å². The number of amides is 1. The summed E-state index contributed by atoms with van der Waals surface area (Å²) < 4.78 is 6.36. The second-order valence-electron chi connectivity index (χ2n) is 10.1. The highest BCUT2D eigenvalue weighted by Crippen LogP contribution is 2.27. The van der Waals surface area contributed by atoms with Crippen molar-refractivity contribution in [2.75, 3.05) is 25.1 Å². The Kier molecular flexibility index (Phi) is 8.58. The third-order valence-corrected chi connectivity index (χ3v) is 6.93. The highest BCUT2D eigenvalue weighted by atomic mass is 16.5. The number of anilines is 1. The number of piperidine rings is 1. The number of fused-ring (bicyclic) bond motifs is 1. The summed E-state index contributed by atoms with van der Waals surface area (Å²) in [6, 6.07) is 13.7. The zero-order chi connectivity index (χ0) is 26.4. The molecule has 0 bridgehead atoms. The summed E-state index contributed by atoms with van der Waals surface area (Å²) in [5.74, 6) is -0.598. The van der Waals surface area contributed by atoms with Gasteiger partial charge in [0.2, 0.25) is 5.91 Å². The number of carbonyl (C=O) groups is 2. The van der Waals surface area contributed by atoms with Crippen molar-refractivity contribution in [1.82, 2.24) is 14.9 Å². The number of rotatable bonds is 9. The Labute approximate surface area is 217 Å². The van der Waals surface area contributed by atoms with Crippen LogP contribution in [0.2, 0.25) is 0 Å². The van der Waals surface area contributed by atoms with E-state index in [4.69, 9.17) is 4.74 Å². The number of aromatic nitrogens is 2. The molecular weight excluding hydrogens is 468 g/mol. The van der Waals surface area contributed by atoms with Crippen LogP contribution in [0.4, 0.5) is 5.69 Å². The Hall–Kier alpha value is -3.68. The van der Waals surface area contributed by atoms with Crippen LogP contribution in [-0.2, 0) is 14.3 Å². The molecular formula is C29H36N4O4. The molecule has 0 saturated carbocycles. The van der Waals surface area contributed by atoms with E-state index in [9.17, 15) is 14.4 Å². The minimum Gasteiger partial charge on any atom is -0.469 e. The van der Waals surface area contributed by atoms with Gasteiger partial charge in [-0.1, -0.05) is 38.1 Å². The van der Waals surface area contributed by atoms with Crippen molar-refractivity contribution in [3.05, 3.63) is 70.8 Å². The van der Waals surface area contributed by atoms with Crippen LogP contribution >= 0.6 is 0 Å². The average Bonchev–Trinajstić information content (AvgIpc) is 2.92. The van der Waals surface area contributed by atoms with Crippen LogP contribution < -0.4 is 15.8 Å². The molecule has 1 amide bonds. The number of hydrogen-bond acceptors (Lipinski definition) is 6. The summed E-state index contributed by atoms with van der Waals surface area (Å²) >= 11 is 0. The van der Waals surface area contributed by atoms with E-state index in [0.29, 0.717) is 17.3 Å². The van der Waals surface area contributed by atoms with E-state index in [1.54, 1.807) is 18.2 Å². The molecule has 0 spiro atoms. The monoisotopic (exact) mass is 504 g/mol. The SMILES string of the molecule is COC(=O)C[C@H](NC(=O)[C@H](CC(C)C)n1cnc2ccccc2c1=O)c1cccc(N2CCCCC2)c1. The van der Waals surface area contributed by atoms with Gasteiger partial charge in [-0.15, -0.1) is 0 Å². The molecule has 0 radical (unpaired) electrons. The molecule has 1 aliphatic rings. The van der Waals surface area contributed by atoms with Gasteiger partial charge < -0.3 is 15.0 Å². The number of para-hydroxylation sites is 1. The molecule has 3 aromatic rings. The van der Waals surface area contributed by atoms with E-state index in [1.807, 2.05) is 38.1 Å². The predicted molar refractivity (Wildman–Crippen MR) is 145 cm³/mol. The van der Waals surface area contributed by atoms with Crippen LogP contribution in [0.5, 0.6) is 0 Å². The third-order valence-electron chi connectivity index (χ3n) is 6.93. The molecule has 1 fully saturated rings. The maximum Gasteiger partial charge on any atom is 0.307 e. The minimum absolute atomic E-state index is 0.00897. The molecule has 2 heterocycles. The summed E-state index contributed by atoms with van der Waals surface area (Å²) in [6.45, 7) is 6.00. The first-order valence-corrected chi connectivity index (χ1v) is 13.1. The molecule has 37 heavy (non-hydrogen) atoms. The Balaban J connectivity index is 1.66. The van der Waals surface area contributed by atoms with Crippen LogP contribution in [0.15, 0.2) is 59.7 Å². The number of esters is 1. The first kappa shape index (κ1) is 26.4. The van der Waals surface area contributed by atoms with Gasteiger partial charge in [0.15, 0.2) is 0 Å². The van der Waals surface area contributed by atoms with Gasteiger partial charge in [0.05, 0.1) is 36.8 Å². The fourth-order valence-electron chi connectivity index (χ4n) is 4.96. The van der Waals surface area contributed by atoms with Gasteiger partial charge >= 0.3 is 5.97 Å². The van der Waals surface area contributed by atoms with Gasteiger partial charge in [0, 0.05) is 18.8 Å². The molecule has 196 valence electrons. The van der Waals surface area contributed by atoms with Crippen molar-refractivity contribution in [3.63, 3.8) is 0 Å². The predicted octanol–water partition coefficient (Wildman–Crippen LogP) is 4.39. The fourth-order valence-corrected chi connectivity index (χ4v) is 4.96. The lowest BCUT2D eigenvalue weighted by Crippen LogP contribution is -2.40. The first-order valence-electron chi connectivity index (χ1n) is 13.1. The lowest BCUT2D eigenvalue weighted by atomic mass is 9.99. The second-order valence-corrected chi connectivity index (χ2v) is 10.1. The summed E-state index contributed by atoms with van der Waals surface area (Å²) in [5.41, 5.74) is 2.23. The summed E-state index contributed by atoms with van der Waals surface area (Å²) in [5, 5.41) is 3.53. The molecule has 1 N–H and O–H groups in total. The van der Waals surface area contributed by atoms with Crippen LogP contribution in [-0.4, -0.2) is 41.6 Å². The number of benzene rings is 2. The van der Waals surface area contributed by atoms with E-state index in [-0.39, 0.29) is 23.8 Å². The van der Waals surface area contributed by atoms with Crippen molar-refractivity contribution in [3.8, 4) is 0 Å². The molecule has 1 aliphatic heterocycles. The average molecular weight is 505 g/mol. The largest absolute Gasteiger partial charge is 0.469 e. The Bertz CT molecular complexity index is 1300. The lowest BCUT2D eigenvalue weighted by molar-refractivity contribution is -0.141. The van der Waals surface area contributed by atoms with Gasteiger partial charge in [-0.2, -0.15) is 0 Å². The Morgan fingerprint density at radius 1 is 1.05 bits per heavy atom. The quantitative estimate of drug-likeness (QED) is 0.434. The maximum absolute atomic E-state index is 13.7. The van der Waals surface area contributed by atoms with E-state index < -0.39 is 18.1 Å². The topological polar surface area (TPSA) is 93.5 Å². The number of hydrogen-bond donors (Lipinski definition) is 1. The molecule has 2 aromatic carbocycles. The van der Waals surface area contributed by atoms with E-state index in [2.05, 4.69) is 21.3 Å². The fraction of sp³-hybridized carbons (Fsp3) is 0.448. The highest BCUT2D eigenvalue weighted by molar-refractivity contribution is 5.83. The number of carbonyl (C=O) groups excluding carboxylic acids is 2. The van der Waals surface area contributed by atoms with E-state index in [1.165, 1.54) is 24.4 Å². The lowest BCUT2D eigenvalue weighted by Gasteiger charge is -2.30. The van der Waals surface area contributed by atoms with Crippen LogP contribution in [0.3, 0.4) is 0 Å². The Morgan fingerprint density at radius 2 is 1.81 bits per heavy atom. The molecule has 4 rings (SSSR count). The number of methoxy groups -OCH3 is 1. The summed E-state index contributed by atoms with van der Waals surface area (Å²) in [7, 11) is 1.34. The normalized spacial score (nSPS) is 15.4. The summed E-state index contributed by atoms with van der Waals surface area (Å²) in [4.78, 5) is 46.2. The van der Waals surface area contributed by atoms with Gasteiger partial charge in [-0.05, 0) is 61.4 Å². The van der Waals surface area contributed by atoms with E-state index in [0.717, 1.165) is 37.2 Å². The highest BCUT2D eigenvalue weighted by Gasteiger charge is 2.28. The van der Waals surface area contributed by atoms with Gasteiger partial charge in [-0.3, -0.25) is 19.0 Å². The third kappa shape index (κ3) is 6.37. The van der Waals surface area contributed by atoms with Gasteiger partial charge in [-0.25, -0.2) is 4.98 Å². The standard InChI is InChI=1S/C29H36N4O4/c1-20(2)16-26(33-19-30-24-13-6-5-12-23(24)29(33)36)28(35)31-25(18-27(34)37-3)21-10-9-11-22(17-21)32-14-7-4-8-15-32/h5-6,9-13,17,19-20,25-26H,4,7-8,14-16,18H2,1-3H3,(H,31,35)/t25-,26-/m0/s1. The van der Waals surface area contributed by atoms with Crippen LogP contribution in [0.25, 0.3) is 10.9 Å². The maximum atomic E-state index is 13.7. The van der Waals surface area contributed by atoms with Crippen molar-refractivity contribution in [2.24, 2.45) is 5.92 Å². The molecule has 0 aliphatic carbocycles. The van der Waals surface area contributed by atoms with E-state index >= 15 is 0 Å². The number of nitrogens with one attached hydrogen (secondary N) is 1. The second kappa shape index (κ2) is 12.0. The molecule has 1 saturated heterocycles. The number of nitrogens with zero attached hydrogens (tertiary/aromatic N) is 3. The van der Waals surface area contributed by atoms with Gasteiger partial charge in [0.1, 0.15) is 6.04 Å². The number of ether oxygens (including phenoxy) is 1. The first-order chi connectivity index (χ1) is 17.9. The van der Waals surface area contributed by atoms with Gasteiger partial charge in [0.25, 0.3) is 5.56 Å².